The van der Waals surface area contributed by atoms with Gasteiger partial charge in [0.05, 0.1) is 11.8 Å². The van der Waals surface area contributed by atoms with Gasteiger partial charge >= 0.3 is 0 Å². The Kier molecular flexibility index (Phi) is 6.59. The van der Waals surface area contributed by atoms with E-state index in [1.165, 1.54) is 0 Å². The second kappa shape index (κ2) is 9.73. The molecule has 1 aliphatic rings. The Morgan fingerprint density at radius 1 is 0.969 bits per heavy atom. The van der Waals surface area contributed by atoms with Gasteiger partial charge in [-0.2, -0.15) is 0 Å². The SMILES string of the molecule is CNC(=O)C1(Cc2ccccc2-c2ccncc2)CCN(C(=O)Cc2cccnc2)CC1. The second-order valence-corrected chi connectivity index (χ2v) is 8.35. The number of piperidine rings is 1. The van der Waals surface area contributed by atoms with Crippen LogP contribution in [-0.2, 0) is 22.4 Å². The summed E-state index contributed by atoms with van der Waals surface area (Å²) >= 11 is 0. The summed E-state index contributed by atoms with van der Waals surface area (Å²) < 4.78 is 0. The van der Waals surface area contributed by atoms with Gasteiger partial charge < -0.3 is 10.2 Å². The van der Waals surface area contributed by atoms with E-state index in [-0.39, 0.29) is 11.8 Å². The molecular weight excluding hydrogens is 400 g/mol. The monoisotopic (exact) mass is 428 g/mol. The van der Waals surface area contributed by atoms with E-state index < -0.39 is 5.41 Å². The Hall–Kier alpha value is -3.54. The first-order chi connectivity index (χ1) is 15.6. The number of rotatable bonds is 6. The number of pyridine rings is 2. The van der Waals surface area contributed by atoms with Crippen LogP contribution >= 0.6 is 0 Å². The minimum Gasteiger partial charge on any atom is -0.359 e. The molecule has 0 spiro atoms. The summed E-state index contributed by atoms with van der Waals surface area (Å²) in [4.78, 5) is 36.0. The number of nitrogens with one attached hydrogen (secondary N) is 1. The van der Waals surface area contributed by atoms with Crippen molar-refractivity contribution in [2.75, 3.05) is 20.1 Å². The molecule has 1 fully saturated rings. The van der Waals surface area contributed by atoms with E-state index in [1.807, 2.05) is 41.3 Å². The standard InChI is InChI=1S/C26H28N4O2/c1-27-25(32)26(18-22-6-2-3-7-23(22)21-8-13-28-14-9-21)10-15-30(16-11-26)24(31)17-20-5-4-12-29-19-20/h2-9,12-14,19H,10-11,15-18H2,1H3,(H,27,32). The van der Waals surface area contributed by atoms with Gasteiger partial charge in [-0.05, 0) is 59.7 Å². The first kappa shape index (κ1) is 21.7. The fraction of sp³-hybridized carbons (Fsp3) is 0.308. The number of carbonyl (C=O) groups is 2. The van der Waals surface area contributed by atoms with E-state index in [0.29, 0.717) is 38.8 Å². The largest absolute Gasteiger partial charge is 0.359 e. The van der Waals surface area contributed by atoms with Crippen molar-refractivity contribution >= 4 is 11.8 Å². The van der Waals surface area contributed by atoms with Gasteiger partial charge in [-0.15, -0.1) is 0 Å². The van der Waals surface area contributed by atoms with Gasteiger partial charge in [-0.1, -0.05) is 30.3 Å². The minimum absolute atomic E-state index is 0.0430. The number of nitrogens with zero attached hydrogens (tertiary/aromatic N) is 3. The number of aromatic nitrogens is 2. The molecule has 0 saturated carbocycles. The lowest BCUT2D eigenvalue weighted by Crippen LogP contribution is -2.51. The highest BCUT2D eigenvalue weighted by Gasteiger charge is 2.42. The molecule has 0 aliphatic carbocycles. The predicted molar refractivity (Wildman–Crippen MR) is 124 cm³/mol. The fourth-order valence-electron chi connectivity index (χ4n) is 4.57. The quantitative estimate of drug-likeness (QED) is 0.654. The molecule has 32 heavy (non-hydrogen) atoms. The lowest BCUT2D eigenvalue weighted by atomic mass is 9.72. The first-order valence-electron chi connectivity index (χ1n) is 11.0. The lowest BCUT2D eigenvalue weighted by Gasteiger charge is -2.41. The summed E-state index contributed by atoms with van der Waals surface area (Å²) in [6.07, 6.45) is 9.25. The minimum atomic E-state index is -0.539. The van der Waals surface area contributed by atoms with Crippen molar-refractivity contribution in [1.29, 1.82) is 0 Å². The van der Waals surface area contributed by atoms with E-state index in [2.05, 4.69) is 27.4 Å². The van der Waals surface area contributed by atoms with Crippen LogP contribution in [0.1, 0.15) is 24.0 Å². The summed E-state index contributed by atoms with van der Waals surface area (Å²) in [5, 5.41) is 2.88. The summed E-state index contributed by atoms with van der Waals surface area (Å²) in [7, 11) is 1.69. The fourth-order valence-corrected chi connectivity index (χ4v) is 4.57. The third-order valence-electron chi connectivity index (χ3n) is 6.40. The number of amides is 2. The number of hydrogen-bond donors (Lipinski definition) is 1. The maximum atomic E-state index is 13.1. The Bertz CT molecular complexity index is 1060. The number of carbonyl (C=O) groups excluding carboxylic acids is 2. The molecule has 6 nitrogen and oxygen atoms in total. The van der Waals surface area contributed by atoms with Crippen LogP contribution in [0.15, 0.2) is 73.3 Å². The predicted octanol–water partition coefficient (Wildman–Crippen LogP) is 3.28. The zero-order valence-electron chi connectivity index (χ0n) is 18.3. The van der Waals surface area contributed by atoms with E-state index in [1.54, 1.807) is 31.8 Å². The molecular formula is C26H28N4O2. The third kappa shape index (κ3) is 4.69. The summed E-state index contributed by atoms with van der Waals surface area (Å²) in [6, 6.07) is 16.0. The molecule has 1 aliphatic heterocycles. The van der Waals surface area contributed by atoms with Crippen molar-refractivity contribution in [2.24, 2.45) is 5.41 Å². The average molecular weight is 429 g/mol. The number of benzene rings is 1. The van der Waals surface area contributed by atoms with Crippen molar-refractivity contribution in [3.63, 3.8) is 0 Å². The molecule has 3 heterocycles. The van der Waals surface area contributed by atoms with Gasteiger partial charge in [0.15, 0.2) is 0 Å². The Balaban J connectivity index is 1.52. The maximum Gasteiger partial charge on any atom is 0.227 e. The molecule has 2 aromatic heterocycles. The van der Waals surface area contributed by atoms with Crippen molar-refractivity contribution in [1.82, 2.24) is 20.2 Å². The van der Waals surface area contributed by atoms with E-state index in [0.717, 1.165) is 22.3 Å². The third-order valence-corrected chi connectivity index (χ3v) is 6.40. The summed E-state index contributed by atoms with van der Waals surface area (Å²) in [5.74, 6) is 0.127. The smallest absolute Gasteiger partial charge is 0.227 e. The number of hydrogen-bond acceptors (Lipinski definition) is 4. The molecule has 4 rings (SSSR count). The van der Waals surface area contributed by atoms with Crippen molar-refractivity contribution in [3.8, 4) is 11.1 Å². The lowest BCUT2D eigenvalue weighted by molar-refractivity contribution is -0.140. The molecule has 6 heteroatoms. The van der Waals surface area contributed by atoms with Gasteiger partial charge in [-0.25, -0.2) is 0 Å². The van der Waals surface area contributed by atoms with Crippen LogP contribution in [0.5, 0.6) is 0 Å². The van der Waals surface area contributed by atoms with E-state index >= 15 is 0 Å². The molecule has 3 aromatic rings. The highest BCUT2D eigenvalue weighted by Crippen LogP contribution is 2.38. The van der Waals surface area contributed by atoms with Crippen LogP contribution in [0.4, 0.5) is 0 Å². The van der Waals surface area contributed by atoms with Crippen molar-refractivity contribution in [2.45, 2.75) is 25.7 Å². The normalized spacial score (nSPS) is 15.2. The van der Waals surface area contributed by atoms with Crippen LogP contribution < -0.4 is 5.32 Å². The number of likely N-dealkylation sites (tertiary alicyclic amines) is 1. The van der Waals surface area contributed by atoms with Crippen LogP contribution in [0.3, 0.4) is 0 Å². The van der Waals surface area contributed by atoms with E-state index in [4.69, 9.17) is 0 Å². The highest BCUT2D eigenvalue weighted by atomic mass is 16.2. The van der Waals surface area contributed by atoms with Crippen molar-refractivity contribution < 1.29 is 9.59 Å². The van der Waals surface area contributed by atoms with E-state index in [9.17, 15) is 9.59 Å². The Morgan fingerprint density at radius 2 is 1.72 bits per heavy atom. The van der Waals surface area contributed by atoms with Crippen molar-refractivity contribution in [3.05, 3.63) is 84.4 Å². The van der Waals surface area contributed by atoms with Crippen LogP contribution in [0.25, 0.3) is 11.1 Å². The second-order valence-electron chi connectivity index (χ2n) is 8.35. The first-order valence-corrected chi connectivity index (χ1v) is 11.0. The molecule has 2 amide bonds. The molecule has 164 valence electrons. The summed E-state index contributed by atoms with van der Waals surface area (Å²) in [6.45, 7) is 1.15. The Labute approximate surface area is 188 Å². The van der Waals surface area contributed by atoms with Gasteiger partial charge in [0.1, 0.15) is 0 Å². The molecule has 0 radical (unpaired) electrons. The zero-order chi connectivity index (χ0) is 22.4. The molecule has 0 unspecified atom stereocenters. The molecule has 1 saturated heterocycles. The van der Waals surface area contributed by atoms with Crippen LogP contribution in [0.2, 0.25) is 0 Å². The van der Waals surface area contributed by atoms with Gasteiger partial charge in [0, 0.05) is 44.9 Å². The molecule has 1 N–H and O–H groups in total. The summed E-state index contributed by atoms with van der Waals surface area (Å²) in [5.41, 5.74) is 3.72. The highest BCUT2D eigenvalue weighted by molar-refractivity contribution is 5.84. The topological polar surface area (TPSA) is 75.2 Å². The average Bonchev–Trinajstić information content (AvgIpc) is 2.85. The molecule has 0 bridgehead atoms. The zero-order valence-corrected chi connectivity index (χ0v) is 18.3. The Morgan fingerprint density at radius 3 is 2.41 bits per heavy atom. The van der Waals surface area contributed by atoms with Gasteiger partial charge in [0.25, 0.3) is 0 Å². The maximum absolute atomic E-state index is 13.1. The van der Waals surface area contributed by atoms with Crippen LogP contribution in [-0.4, -0.2) is 46.8 Å². The molecule has 1 aromatic carbocycles. The van der Waals surface area contributed by atoms with Gasteiger partial charge in [0.2, 0.25) is 11.8 Å². The van der Waals surface area contributed by atoms with Gasteiger partial charge in [-0.3, -0.25) is 19.6 Å². The van der Waals surface area contributed by atoms with Crippen LogP contribution in [0, 0.1) is 5.41 Å². The molecule has 0 atom stereocenters.